The van der Waals surface area contributed by atoms with Gasteiger partial charge in [-0.05, 0) is 0 Å². The minimum absolute atomic E-state index is 0.215. The molecular weight excluding hydrogens is 533 g/mol. The third-order valence-electron chi connectivity index (χ3n) is 3.79. The van der Waals surface area contributed by atoms with Gasteiger partial charge in [0.2, 0.25) is 11.3 Å². The molecule has 0 amide bonds. The van der Waals surface area contributed by atoms with Gasteiger partial charge in [-0.25, -0.2) is 8.51 Å². The van der Waals surface area contributed by atoms with E-state index >= 15 is 0 Å². The third-order valence-corrected chi connectivity index (χ3v) is 4.51. The highest BCUT2D eigenvalue weighted by molar-refractivity contribution is 7.76. The van der Waals surface area contributed by atoms with E-state index in [-0.39, 0.29) is 4.31 Å². The van der Waals surface area contributed by atoms with E-state index < -0.39 is 71.9 Å². The van der Waals surface area contributed by atoms with Gasteiger partial charge in [0, 0.05) is 20.0 Å². The van der Waals surface area contributed by atoms with Gasteiger partial charge in [0.25, 0.3) is 0 Å². The average Bonchev–Trinajstić information content (AvgIpc) is 2.57. The first-order chi connectivity index (χ1) is 13.6. The Labute approximate surface area is 167 Å². The zero-order valence-corrected chi connectivity index (χ0v) is 15.4. The van der Waals surface area contributed by atoms with Gasteiger partial charge in [0.1, 0.15) is 0 Å². The summed E-state index contributed by atoms with van der Waals surface area (Å²) in [6.07, 6.45) is -10.6. The van der Waals surface area contributed by atoms with E-state index in [0.29, 0.717) is 7.05 Å². The Bertz CT molecular complexity index is 703. The fourth-order valence-electron chi connectivity index (χ4n) is 1.73. The van der Waals surface area contributed by atoms with Gasteiger partial charge in [-0.2, -0.15) is 74.6 Å². The third kappa shape index (κ3) is 4.34. The molecule has 0 radical (unpaired) electrons. The smallest absolute Gasteiger partial charge is 0.294 e. The van der Waals surface area contributed by atoms with E-state index in [0.717, 1.165) is 0 Å². The summed E-state index contributed by atoms with van der Waals surface area (Å²) in [6, 6.07) is 0. The molecule has 1 N–H and O–H groups in total. The van der Waals surface area contributed by atoms with Crippen molar-refractivity contribution in [1.82, 2.24) is 4.31 Å². The molecule has 0 heterocycles. The number of nitrogens with zero attached hydrogens (tertiary/aromatic N) is 1. The number of hydrogen-bond acceptors (Lipinski definition) is 1. The molecule has 0 spiro atoms. The van der Waals surface area contributed by atoms with Gasteiger partial charge in [-0.15, -0.1) is 0 Å². The molecule has 1 unspecified atom stereocenters. The van der Waals surface area contributed by atoms with Gasteiger partial charge >= 0.3 is 47.6 Å². The van der Waals surface area contributed by atoms with Crippen LogP contribution in [0.2, 0.25) is 0 Å². The molecule has 0 saturated carbocycles. The Morgan fingerprint density at radius 3 is 1.16 bits per heavy atom. The molecule has 3 nitrogen and oxygen atoms in total. The van der Waals surface area contributed by atoms with Crippen LogP contribution in [0, 0.1) is 0 Å². The zero-order valence-electron chi connectivity index (χ0n) is 14.6. The predicted molar refractivity (Wildman–Crippen MR) is 68.7 cm³/mol. The summed E-state index contributed by atoms with van der Waals surface area (Å²) in [5, 5.41) is 0. The highest BCUT2D eigenvalue weighted by Gasteiger charge is 2.95. The number of halogens is 17. The molecule has 32 heavy (non-hydrogen) atoms. The van der Waals surface area contributed by atoms with Gasteiger partial charge in [-0.3, -0.25) is 4.55 Å². The molecule has 0 bridgehead atoms. The summed E-state index contributed by atoms with van der Waals surface area (Å²) in [7, 11) is 0.394. The van der Waals surface area contributed by atoms with Crippen LogP contribution >= 0.6 is 0 Å². The van der Waals surface area contributed by atoms with Crippen LogP contribution in [0.25, 0.3) is 0 Å². The molecule has 21 heteroatoms. The Hall–Kier alpha value is -1.12. The quantitative estimate of drug-likeness (QED) is 0.295. The molecule has 0 aliphatic carbocycles. The topological polar surface area (TPSA) is 40.5 Å². The molecule has 0 aromatic carbocycles. The van der Waals surface area contributed by atoms with Crippen LogP contribution in [0.15, 0.2) is 0 Å². The van der Waals surface area contributed by atoms with Crippen molar-refractivity contribution in [2.45, 2.75) is 54.1 Å². The monoisotopic (exact) mass is 541 g/mol. The first-order valence-corrected chi connectivity index (χ1v) is 8.18. The van der Waals surface area contributed by atoms with E-state index in [9.17, 15) is 78.8 Å². The fraction of sp³-hybridized carbons (Fsp3) is 1.00. The fourth-order valence-corrected chi connectivity index (χ4v) is 1.98. The van der Waals surface area contributed by atoms with Gasteiger partial charge in [0.05, 0.1) is 0 Å². The van der Waals surface area contributed by atoms with Crippen molar-refractivity contribution >= 4 is 11.3 Å². The molecule has 0 aliphatic heterocycles. The second-order valence-corrected chi connectivity index (χ2v) is 7.07. The number of rotatable bonds is 10. The van der Waals surface area contributed by atoms with Crippen LogP contribution in [-0.4, -0.2) is 74.3 Å². The number of hydrogen-bond donors (Lipinski definition) is 1. The van der Waals surface area contributed by atoms with Gasteiger partial charge in [-0.1, -0.05) is 0 Å². The minimum Gasteiger partial charge on any atom is -0.294 e. The lowest BCUT2D eigenvalue weighted by molar-refractivity contribution is -0.461. The van der Waals surface area contributed by atoms with Crippen LogP contribution in [0.3, 0.4) is 0 Å². The maximum absolute atomic E-state index is 13.5. The molecule has 1 atom stereocenters. The van der Waals surface area contributed by atoms with E-state index in [4.69, 9.17) is 4.55 Å². The largest absolute Gasteiger partial charge is 0.460 e. The summed E-state index contributed by atoms with van der Waals surface area (Å²) < 4.78 is 239. The maximum Gasteiger partial charge on any atom is 0.460 e. The molecule has 0 aromatic heterocycles. The number of alkyl halides is 17. The summed E-state index contributed by atoms with van der Waals surface area (Å²) >= 11 is -3.24. The maximum atomic E-state index is 13.5. The molecule has 0 fully saturated rings. The van der Waals surface area contributed by atoms with Crippen molar-refractivity contribution < 1.29 is 83.4 Å². The summed E-state index contributed by atoms with van der Waals surface area (Å²) in [5.74, 6) is -56.8. The molecule has 0 saturated heterocycles. The normalized spacial score (nSPS) is 17.1. The summed E-state index contributed by atoms with van der Waals surface area (Å²) in [5.41, 5.74) is 0. The van der Waals surface area contributed by atoms with Crippen LogP contribution < -0.4 is 0 Å². The second-order valence-electron chi connectivity index (χ2n) is 5.98. The molecule has 0 rings (SSSR count). The zero-order chi connectivity index (χ0) is 26.6. The Morgan fingerprint density at radius 1 is 0.594 bits per heavy atom. The second kappa shape index (κ2) is 8.27. The van der Waals surface area contributed by atoms with Crippen LogP contribution in [0.5, 0.6) is 0 Å². The van der Waals surface area contributed by atoms with E-state index in [1.807, 2.05) is 0 Å². The minimum atomic E-state index is -8.68. The van der Waals surface area contributed by atoms with Crippen molar-refractivity contribution in [3.63, 3.8) is 0 Å². The molecule has 0 aromatic rings. The van der Waals surface area contributed by atoms with E-state index in [1.165, 1.54) is 0 Å². The Morgan fingerprint density at radius 2 is 0.875 bits per heavy atom. The van der Waals surface area contributed by atoms with Crippen molar-refractivity contribution in [2.75, 3.05) is 13.6 Å². The van der Waals surface area contributed by atoms with Gasteiger partial charge in [0.15, 0.2) is 0 Å². The lowest BCUT2D eigenvalue weighted by Gasteiger charge is -2.42. The van der Waals surface area contributed by atoms with Gasteiger partial charge < -0.3 is 0 Å². The molecule has 194 valence electrons. The first kappa shape index (κ1) is 30.9. The Balaban J connectivity index is 6.50. The van der Waals surface area contributed by atoms with E-state index in [2.05, 4.69) is 0 Å². The van der Waals surface area contributed by atoms with Crippen LogP contribution in [0.1, 0.15) is 6.42 Å². The standard InChI is InChI=1S/C11H8F17NO2S/c1-29(32(30)31)3-2-4(12,13)5(14,15)6(16,17)7(18,19)8(20,21)9(22,23)10(24,25)11(26,27)28/h2-3H2,1H3,(H,30,31). The predicted octanol–water partition coefficient (Wildman–Crippen LogP) is 5.45. The highest BCUT2D eigenvalue weighted by Crippen LogP contribution is 2.64. The molecule has 0 aliphatic rings. The van der Waals surface area contributed by atoms with E-state index in [1.54, 1.807) is 0 Å². The van der Waals surface area contributed by atoms with Crippen molar-refractivity contribution in [3.05, 3.63) is 0 Å². The average molecular weight is 541 g/mol. The SMILES string of the molecule is CN(CCC(F)(F)C(F)(F)C(F)(F)C(F)(F)C(F)(F)C(F)(F)C(F)(F)C(F)(F)F)S(=O)O. The first-order valence-electron chi connectivity index (χ1n) is 7.11. The highest BCUT2D eigenvalue weighted by atomic mass is 32.2. The Kier molecular flexibility index (Phi) is 7.98. The summed E-state index contributed by atoms with van der Waals surface area (Å²) in [4.78, 5) is 0. The van der Waals surface area contributed by atoms with Crippen molar-refractivity contribution in [1.29, 1.82) is 0 Å². The van der Waals surface area contributed by atoms with Crippen LogP contribution in [-0.2, 0) is 11.3 Å². The van der Waals surface area contributed by atoms with Crippen molar-refractivity contribution in [2.24, 2.45) is 0 Å². The lowest BCUT2D eigenvalue weighted by Crippen LogP contribution is -2.74. The summed E-state index contributed by atoms with van der Waals surface area (Å²) in [6.45, 7) is -1.81. The molecular formula is C11H8F17NO2S. The van der Waals surface area contributed by atoms with Crippen molar-refractivity contribution in [3.8, 4) is 0 Å². The van der Waals surface area contributed by atoms with Crippen LogP contribution in [0.4, 0.5) is 74.6 Å². The lowest BCUT2D eigenvalue weighted by atomic mass is 9.88.